The monoisotopic (exact) mass is 299 g/mol. The molecule has 1 aliphatic rings. The van der Waals surface area contributed by atoms with Crippen molar-refractivity contribution in [2.24, 2.45) is 0 Å². The molecule has 0 radical (unpaired) electrons. The molecular formula is C14H22ClN3O2. The van der Waals surface area contributed by atoms with Crippen molar-refractivity contribution in [2.45, 2.75) is 25.8 Å². The number of hydrogen-bond donors (Lipinski definition) is 1. The Balaban J connectivity index is 0.00000200. The predicted molar refractivity (Wildman–Crippen MR) is 80.6 cm³/mol. The second kappa shape index (κ2) is 8.07. The fourth-order valence-corrected chi connectivity index (χ4v) is 2.56. The molecule has 1 atom stereocenters. The second-order valence-electron chi connectivity index (χ2n) is 4.69. The second-order valence-corrected chi connectivity index (χ2v) is 4.69. The summed E-state index contributed by atoms with van der Waals surface area (Å²) in [6.45, 7) is 4.99. The summed E-state index contributed by atoms with van der Waals surface area (Å²) >= 11 is 0. The Morgan fingerprint density at radius 1 is 1.60 bits per heavy atom. The maximum Gasteiger partial charge on any atom is 0.273 e. The Morgan fingerprint density at radius 2 is 2.40 bits per heavy atom. The molecule has 20 heavy (non-hydrogen) atoms. The quantitative estimate of drug-likeness (QED) is 0.899. The first kappa shape index (κ1) is 16.7. The topological polar surface area (TPSA) is 54.5 Å². The fourth-order valence-electron chi connectivity index (χ4n) is 2.56. The van der Waals surface area contributed by atoms with Gasteiger partial charge < -0.3 is 10.1 Å². The number of amides is 1. The largest absolute Gasteiger partial charge is 0.494 e. The predicted octanol–water partition coefficient (Wildman–Crippen LogP) is 1.73. The van der Waals surface area contributed by atoms with Crippen LogP contribution in [0.5, 0.6) is 5.75 Å². The molecule has 0 saturated carbocycles. The van der Waals surface area contributed by atoms with Crippen molar-refractivity contribution in [1.29, 1.82) is 0 Å². The summed E-state index contributed by atoms with van der Waals surface area (Å²) in [4.78, 5) is 18.6. The number of halogens is 1. The summed E-state index contributed by atoms with van der Waals surface area (Å²) in [5, 5.41) is 2.96. The molecule has 1 fully saturated rings. The van der Waals surface area contributed by atoms with Gasteiger partial charge in [0, 0.05) is 18.8 Å². The van der Waals surface area contributed by atoms with Crippen LogP contribution in [-0.2, 0) is 0 Å². The minimum Gasteiger partial charge on any atom is -0.494 e. The number of likely N-dealkylation sites (N-methyl/N-ethyl adjacent to an activating group) is 1. The number of carbonyl (C=O) groups is 1. The molecule has 2 rings (SSSR count). The van der Waals surface area contributed by atoms with Gasteiger partial charge in [0.1, 0.15) is 5.75 Å². The van der Waals surface area contributed by atoms with E-state index in [4.69, 9.17) is 4.74 Å². The average molecular weight is 300 g/mol. The zero-order valence-corrected chi connectivity index (χ0v) is 12.8. The van der Waals surface area contributed by atoms with Gasteiger partial charge in [-0.2, -0.15) is 0 Å². The van der Waals surface area contributed by atoms with Crippen LogP contribution in [0.4, 0.5) is 0 Å². The summed E-state index contributed by atoms with van der Waals surface area (Å²) in [6, 6.07) is 3.95. The molecule has 0 bridgehead atoms. The maximum absolute atomic E-state index is 12.1. The lowest BCUT2D eigenvalue weighted by atomic mass is 10.2. The van der Waals surface area contributed by atoms with Gasteiger partial charge in [0.05, 0.1) is 7.11 Å². The van der Waals surface area contributed by atoms with Crippen LogP contribution in [0.15, 0.2) is 18.3 Å². The SMILES string of the molecule is CCN1CCCC1CNC(=O)c1ncccc1OC.Cl. The Morgan fingerprint density at radius 3 is 3.10 bits per heavy atom. The summed E-state index contributed by atoms with van der Waals surface area (Å²) < 4.78 is 5.15. The number of hydrogen-bond acceptors (Lipinski definition) is 4. The first-order chi connectivity index (χ1) is 9.26. The molecular weight excluding hydrogens is 278 g/mol. The molecule has 2 heterocycles. The van der Waals surface area contributed by atoms with Gasteiger partial charge in [0.2, 0.25) is 0 Å². The standard InChI is InChI=1S/C14H21N3O2.ClH/c1-3-17-9-5-6-11(17)10-16-14(18)13-12(19-2)7-4-8-15-13;/h4,7-8,11H,3,5-6,9-10H2,1-2H3,(H,16,18);1H. The van der Waals surface area contributed by atoms with Crippen LogP contribution >= 0.6 is 12.4 Å². The van der Waals surface area contributed by atoms with Gasteiger partial charge in [0.15, 0.2) is 5.69 Å². The Bertz CT molecular complexity index is 442. The lowest BCUT2D eigenvalue weighted by Gasteiger charge is -2.22. The fraction of sp³-hybridized carbons (Fsp3) is 0.571. The molecule has 1 aliphatic heterocycles. The molecule has 5 nitrogen and oxygen atoms in total. The molecule has 1 saturated heterocycles. The first-order valence-corrected chi connectivity index (χ1v) is 6.77. The highest BCUT2D eigenvalue weighted by atomic mass is 35.5. The van der Waals surface area contributed by atoms with Crippen molar-refractivity contribution in [2.75, 3.05) is 26.7 Å². The number of carbonyl (C=O) groups excluding carboxylic acids is 1. The number of pyridine rings is 1. The van der Waals surface area contributed by atoms with E-state index in [1.807, 2.05) is 0 Å². The third kappa shape index (κ3) is 3.84. The number of ether oxygens (including phenoxy) is 1. The van der Waals surface area contributed by atoms with Crippen LogP contribution < -0.4 is 10.1 Å². The van der Waals surface area contributed by atoms with Crippen molar-refractivity contribution >= 4 is 18.3 Å². The lowest BCUT2D eigenvalue weighted by molar-refractivity contribution is 0.0933. The summed E-state index contributed by atoms with van der Waals surface area (Å²) in [5.41, 5.74) is 0.353. The molecule has 1 unspecified atom stereocenters. The van der Waals surface area contributed by atoms with E-state index < -0.39 is 0 Å². The average Bonchev–Trinajstić information content (AvgIpc) is 2.92. The van der Waals surface area contributed by atoms with E-state index >= 15 is 0 Å². The molecule has 0 aliphatic carbocycles. The van der Waals surface area contributed by atoms with Crippen molar-refractivity contribution in [3.63, 3.8) is 0 Å². The number of nitrogens with one attached hydrogen (secondary N) is 1. The first-order valence-electron chi connectivity index (χ1n) is 6.77. The van der Waals surface area contributed by atoms with Crippen molar-refractivity contribution < 1.29 is 9.53 Å². The van der Waals surface area contributed by atoms with Crippen LogP contribution in [0.1, 0.15) is 30.3 Å². The highest BCUT2D eigenvalue weighted by Gasteiger charge is 2.24. The van der Waals surface area contributed by atoms with Crippen molar-refractivity contribution in [1.82, 2.24) is 15.2 Å². The van der Waals surface area contributed by atoms with Gasteiger partial charge in [-0.15, -0.1) is 12.4 Å². The molecule has 1 N–H and O–H groups in total. The highest BCUT2D eigenvalue weighted by molar-refractivity contribution is 5.94. The van der Waals surface area contributed by atoms with Crippen molar-refractivity contribution in [3.05, 3.63) is 24.0 Å². The Kier molecular flexibility index (Phi) is 6.75. The van der Waals surface area contributed by atoms with Crippen LogP contribution in [0.3, 0.4) is 0 Å². The van der Waals surface area contributed by atoms with Gasteiger partial charge in [-0.25, -0.2) is 4.98 Å². The van der Waals surface area contributed by atoms with Crippen molar-refractivity contribution in [3.8, 4) is 5.75 Å². The normalized spacial score (nSPS) is 18.4. The maximum atomic E-state index is 12.1. The van der Waals surface area contributed by atoms with Crippen LogP contribution in [0.2, 0.25) is 0 Å². The van der Waals surface area contributed by atoms with E-state index in [0.29, 0.717) is 24.0 Å². The number of methoxy groups -OCH3 is 1. The third-order valence-electron chi connectivity index (χ3n) is 3.61. The Labute approximate surface area is 126 Å². The lowest BCUT2D eigenvalue weighted by Crippen LogP contribution is -2.40. The van der Waals surface area contributed by atoms with Gasteiger partial charge in [-0.3, -0.25) is 9.69 Å². The van der Waals surface area contributed by atoms with E-state index in [1.165, 1.54) is 6.42 Å². The minimum absolute atomic E-state index is 0. The minimum atomic E-state index is -0.166. The number of likely N-dealkylation sites (tertiary alicyclic amines) is 1. The summed E-state index contributed by atoms with van der Waals surface area (Å²) in [7, 11) is 1.55. The van der Waals surface area contributed by atoms with Crippen LogP contribution in [-0.4, -0.2) is 48.6 Å². The summed E-state index contributed by atoms with van der Waals surface area (Å²) in [6.07, 6.45) is 3.96. The van der Waals surface area contributed by atoms with Gasteiger partial charge in [-0.1, -0.05) is 6.92 Å². The molecule has 1 amide bonds. The molecule has 112 valence electrons. The Hall–Kier alpha value is -1.33. The molecule has 1 aromatic heterocycles. The number of nitrogens with zero attached hydrogens (tertiary/aromatic N) is 2. The molecule has 0 spiro atoms. The summed E-state index contributed by atoms with van der Waals surface area (Å²) in [5.74, 6) is 0.346. The van der Waals surface area contributed by atoms with E-state index in [-0.39, 0.29) is 18.3 Å². The third-order valence-corrected chi connectivity index (χ3v) is 3.61. The van der Waals surface area contributed by atoms with Gasteiger partial charge in [0.25, 0.3) is 5.91 Å². The molecule has 0 aromatic carbocycles. The van der Waals surface area contributed by atoms with E-state index in [2.05, 4.69) is 22.1 Å². The highest BCUT2D eigenvalue weighted by Crippen LogP contribution is 2.17. The number of rotatable bonds is 5. The zero-order valence-electron chi connectivity index (χ0n) is 12.0. The van der Waals surface area contributed by atoms with Crippen LogP contribution in [0, 0.1) is 0 Å². The molecule has 1 aromatic rings. The van der Waals surface area contributed by atoms with Gasteiger partial charge in [-0.05, 0) is 38.1 Å². The molecule has 6 heteroatoms. The smallest absolute Gasteiger partial charge is 0.273 e. The van der Waals surface area contributed by atoms with E-state index in [0.717, 1.165) is 19.5 Å². The zero-order chi connectivity index (χ0) is 13.7. The van der Waals surface area contributed by atoms with Gasteiger partial charge >= 0.3 is 0 Å². The van der Waals surface area contributed by atoms with E-state index in [1.54, 1.807) is 25.4 Å². The van der Waals surface area contributed by atoms with Crippen LogP contribution in [0.25, 0.3) is 0 Å². The number of aromatic nitrogens is 1. The van der Waals surface area contributed by atoms with E-state index in [9.17, 15) is 4.79 Å².